The van der Waals surface area contributed by atoms with E-state index in [4.69, 9.17) is 62.3 Å². The van der Waals surface area contributed by atoms with Gasteiger partial charge in [-0.15, -0.1) is 0 Å². The predicted octanol–water partition coefficient (Wildman–Crippen LogP) is 4.29. The van der Waals surface area contributed by atoms with Crippen molar-refractivity contribution < 1.29 is 80.9 Å². The first-order valence-corrected chi connectivity index (χ1v) is 24.3. The molecule has 0 aliphatic carbocycles. The minimum atomic E-state index is -1.86. The molecule has 2 aliphatic rings. The van der Waals surface area contributed by atoms with Crippen LogP contribution in [-0.2, 0) is 86.7 Å². The Kier molecular flexibility index (Phi) is 19.4. The molecule has 72 heavy (non-hydrogen) atoms. The van der Waals surface area contributed by atoms with E-state index in [1.165, 1.54) is 11.8 Å². The van der Waals surface area contributed by atoms with Crippen molar-refractivity contribution in [3.63, 3.8) is 0 Å². The van der Waals surface area contributed by atoms with Crippen LogP contribution < -0.4 is 9.60 Å². The first kappa shape index (κ1) is 54.5. The van der Waals surface area contributed by atoms with Gasteiger partial charge >= 0.3 is 41.8 Å². The van der Waals surface area contributed by atoms with Crippen LogP contribution in [0, 0.1) is 6.92 Å². The molecule has 2 fully saturated rings. The minimum Gasteiger partial charge on any atom is -0.463 e. The number of hydrogen-bond acceptors (Lipinski definition) is 22. The number of aryl methyl sites for hydroxylation is 1. The molecule has 21 nitrogen and oxygen atoms in total. The summed E-state index contributed by atoms with van der Waals surface area (Å²) in [4.78, 5) is 104. The van der Waals surface area contributed by atoms with Gasteiger partial charge in [0.25, 0.3) is 0 Å². The van der Waals surface area contributed by atoms with Gasteiger partial charge in [-0.3, -0.25) is 38.1 Å². The highest BCUT2D eigenvalue weighted by molar-refractivity contribution is 7.98. The van der Waals surface area contributed by atoms with Gasteiger partial charge in [0.1, 0.15) is 31.5 Å². The Morgan fingerprint density at radius 3 is 1.71 bits per heavy atom. The number of benzene rings is 3. The molecule has 0 spiro atoms. The molecule has 0 bridgehead atoms. The van der Waals surface area contributed by atoms with Crippen molar-refractivity contribution in [2.45, 2.75) is 128 Å². The number of aromatic nitrogens is 2. The van der Waals surface area contributed by atoms with E-state index in [0.717, 1.165) is 70.9 Å². The van der Waals surface area contributed by atoms with Crippen molar-refractivity contribution in [3.05, 3.63) is 106 Å². The van der Waals surface area contributed by atoms with Crippen LogP contribution in [0.3, 0.4) is 0 Å². The van der Waals surface area contributed by atoms with Crippen molar-refractivity contribution in [2.24, 2.45) is 9.98 Å². The first-order chi connectivity index (χ1) is 34.3. The van der Waals surface area contributed by atoms with Crippen LogP contribution in [0.1, 0.15) is 59.6 Å². The van der Waals surface area contributed by atoms with Crippen LogP contribution >= 0.6 is 23.1 Å². The van der Waals surface area contributed by atoms with Crippen molar-refractivity contribution in [3.8, 4) is 5.69 Å². The Labute approximate surface area is 421 Å². The molecule has 2 saturated heterocycles. The lowest BCUT2D eigenvalue weighted by Crippen LogP contribution is -2.67. The molecule has 3 aromatic carbocycles. The van der Waals surface area contributed by atoms with Gasteiger partial charge in [-0.05, 0) is 42.3 Å². The third-order valence-electron chi connectivity index (χ3n) is 10.3. The lowest BCUT2D eigenvalue weighted by atomic mass is 9.95. The molecule has 0 radical (unpaired) electrons. The van der Waals surface area contributed by atoms with Gasteiger partial charge in [0.2, 0.25) is 4.80 Å². The summed E-state index contributed by atoms with van der Waals surface area (Å²) >= 11 is 2.46. The zero-order valence-electron chi connectivity index (χ0n) is 40.5. The molecule has 10 atom stereocenters. The van der Waals surface area contributed by atoms with Gasteiger partial charge in [0.05, 0.1) is 11.4 Å². The monoisotopic (exact) mass is 1030 g/mol. The SMILES string of the molecule is CC(=O)OC[C@H]1O[C@@H](O[C@H]2[C@H](OC(C)=O)[C@@H](OC(C)=O)[C@H](/N=c3\sc(=Nc4ccccc4)nc(SCc4ccccc4)n3-c3cccc(C)c3)O[C@@H]2COC(C)=O)[C@H](OC(C)=O)[C@@H](OC(C)=O)[C@H]1OC(C)=O. The standard InChI is InChI=1S/C49H54N4O17S2/c1-26-16-15-21-36(22-26)53-48(71-25-34-17-11-9-12-18-34)52-47(50-35-19-13-10-14-20-35)72-49(53)51-45-43(66-32(7)59)41(64-30(5)57)40(37(68-45)23-61-27(2)54)70-46-44(67-33(8)60)42(65-31(6)58)39(63-29(4)56)38(69-46)24-62-28(3)55/h9-22,37-46H,23-25H2,1-8H3/b50-47?,51-49-/t37-,38-,39+,40-,41+,42+,43-,44-,45-,46+/m1/s1. The molecule has 6 rings (SSSR count). The van der Waals surface area contributed by atoms with Crippen LogP contribution in [0.2, 0.25) is 0 Å². The van der Waals surface area contributed by atoms with Gasteiger partial charge in [-0.25, -0.2) is 9.98 Å². The second-order valence-corrected chi connectivity index (χ2v) is 18.1. The van der Waals surface area contributed by atoms with E-state index >= 15 is 0 Å². The Hall–Kier alpha value is -6.79. The number of carbonyl (C=O) groups excluding carboxylic acids is 7. The van der Waals surface area contributed by atoms with Gasteiger partial charge in [0, 0.05) is 54.2 Å². The van der Waals surface area contributed by atoms with E-state index in [0.29, 0.717) is 22.3 Å². The maximum absolute atomic E-state index is 13.2. The quantitative estimate of drug-likeness (QED) is 0.0812. The maximum atomic E-state index is 13.2. The van der Waals surface area contributed by atoms with Gasteiger partial charge in [0.15, 0.2) is 53.0 Å². The highest BCUT2D eigenvalue weighted by atomic mass is 32.2. The molecule has 0 saturated carbocycles. The fraction of sp³-hybridized carbons (Fsp3) is 0.429. The molecule has 3 heterocycles. The molecular formula is C49H54N4O17S2. The highest BCUT2D eigenvalue weighted by Crippen LogP contribution is 2.36. The second-order valence-electron chi connectivity index (χ2n) is 16.3. The number of hydrogen-bond donors (Lipinski definition) is 0. The predicted molar refractivity (Wildman–Crippen MR) is 253 cm³/mol. The normalized spacial score (nSPS) is 24.3. The van der Waals surface area contributed by atoms with Crippen LogP contribution in [-0.4, -0.2) is 126 Å². The van der Waals surface area contributed by atoms with Crippen molar-refractivity contribution >= 4 is 70.6 Å². The number of ether oxygens (including phenoxy) is 10. The minimum absolute atomic E-state index is 0.217. The van der Waals surface area contributed by atoms with Gasteiger partial charge in [-0.1, -0.05) is 83.8 Å². The van der Waals surface area contributed by atoms with Crippen LogP contribution in [0.25, 0.3) is 5.69 Å². The Morgan fingerprint density at radius 2 is 1.14 bits per heavy atom. The van der Waals surface area contributed by atoms with Crippen molar-refractivity contribution in [1.29, 1.82) is 0 Å². The molecule has 384 valence electrons. The Morgan fingerprint density at radius 1 is 0.611 bits per heavy atom. The topological polar surface area (TPSA) is 254 Å². The van der Waals surface area contributed by atoms with Gasteiger partial charge in [-0.2, -0.15) is 4.98 Å². The zero-order chi connectivity index (χ0) is 52.1. The highest BCUT2D eigenvalue weighted by Gasteiger charge is 2.57. The number of rotatable bonds is 17. The van der Waals surface area contributed by atoms with E-state index in [1.54, 1.807) is 16.7 Å². The van der Waals surface area contributed by atoms with E-state index in [2.05, 4.69) is 0 Å². The van der Waals surface area contributed by atoms with Crippen LogP contribution in [0.5, 0.6) is 0 Å². The lowest BCUT2D eigenvalue weighted by Gasteiger charge is -2.48. The lowest BCUT2D eigenvalue weighted by molar-refractivity contribution is -0.344. The first-order valence-electron chi connectivity index (χ1n) is 22.5. The fourth-order valence-electron chi connectivity index (χ4n) is 7.62. The van der Waals surface area contributed by atoms with E-state index in [9.17, 15) is 33.6 Å². The molecule has 4 aromatic rings. The molecule has 0 unspecified atom stereocenters. The second kappa shape index (κ2) is 25.5. The largest absolute Gasteiger partial charge is 0.463 e. The zero-order valence-corrected chi connectivity index (χ0v) is 42.2. The smallest absolute Gasteiger partial charge is 0.303 e. The molecule has 23 heteroatoms. The number of thioether (sulfide) groups is 1. The van der Waals surface area contributed by atoms with Crippen LogP contribution in [0.4, 0.5) is 5.69 Å². The van der Waals surface area contributed by atoms with Crippen molar-refractivity contribution in [1.82, 2.24) is 9.55 Å². The summed E-state index contributed by atoms with van der Waals surface area (Å²) in [7, 11) is 0. The molecular weight excluding hydrogens is 981 g/mol. The summed E-state index contributed by atoms with van der Waals surface area (Å²) < 4.78 is 60.6. The third-order valence-corrected chi connectivity index (χ3v) is 12.2. The summed E-state index contributed by atoms with van der Waals surface area (Å²) in [5.41, 5.74) is 3.12. The fourth-order valence-corrected chi connectivity index (χ4v) is 9.58. The van der Waals surface area contributed by atoms with Crippen LogP contribution in [0.15, 0.2) is 100 Å². The number of nitrogens with zero attached hydrogens (tertiary/aromatic N) is 4. The Bertz CT molecular complexity index is 2740. The summed E-state index contributed by atoms with van der Waals surface area (Å²) in [6.45, 7) is 8.32. The van der Waals surface area contributed by atoms with Crippen molar-refractivity contribution in [2.75, 3.05) is 13.2 Å². The van der Waals surface area contributed by atoms with E-state index < -0.39 is 116 Å². The molecule has 2 aliphatic heterocycles. The number of carbonyl (C=O) groups is 7. The molecule has 0 amide bonds. The maximum Gasteiger partial charge on any atom is 0.303 e. The average Bonchev–Trinajstić information content (AvgIpc) is 3.30. The summed E-state index contributed by atoms with van der Waals surface area (Å²) in [5.74, 6) is -5.52. The summed E-state index contributed by atoms with van der Waals surface area (Å²) in [6.07, 6.45) is -16.4. The third kappa shape index (κ3) is 15.4. The number of para-hydroxylation sites is 1. The molecule has 0 N–H and O–H groups in total. The van der Waals surface area contributed by atoms with E-state index in [1.807, 2.05) is 79.7 Å². The van der Waals surface area contributed by atoms with Gasteiger partial charge < -0.3 is 47.4 Å². The Balaban J connectivity index is 1.57. The number of esters is 7. The summed E-state index contributed by atoms with van der Waals surface area (Å²) in [6, 6.07) is 26.4. The van der Waals surface area contributed by atoms with E-state index in [-0.39, 0.29) is 9.60 Å². The average molecular weight is 1040 g/mol. The summed E-state index contributed by atoms with van der Waals surface area (Å²) in [5, 5.41) is 0.453. The molecule has 1 aromatic heterocycles.